The Hall–Kier alpha value is -1.26. The van der Waals surface area contributed by atoms with Gasteiger partial charge in [0.15, 0.2) is 0 Å². The molecule has 0 aromatic heterocycles. The van der Waals surface area contributed by atoms with Gasteiger partial charge < -0.3 is 66.3 Å². The van der Waals surface area contributed by atoms with Gasteiger partial charge in [-0.05, 0) is 0 Å². The Kier molecular flexibility index (Phi) is 36.5. The molecule has 0 saturated heterocycles. The highest BCUT2D eigenvalue weighted by molar-refractivity contribution is 5.75. The second kappa shape index (κ2) is 37.6. The van der Waals surface area contributed by atoms with Crippen LogP contribution in [-0.4, -0.2) is 191 Å². The number of esters is 1. The van der Waals surface area contributed by atoms with Crippen LogP contribution in [0, 0.1) is 0 Å². The van der Waals surface area contributed by atoms with Crippen molar-refractivity contribution in [3.8, 4) is 0 Å². The Bertz CT molecular complexity index is 636. The van der Waals surface area contributed by atoms with Gasteiger partial charge in [-0.1, -0.05) is 0 Å². The fraction of sp³-hybridized carbons (Fsp3) is 0.966. The number of ether oxygens (including phenoxy) is 14. The van der Waals surface area contributed by atoms with Gasteiger partial charge in [0.2, 0.25) is 0 Å². The van der Waals surface area contributed by atoms with Gasteiger partial charge in [0.25, 0.3) is 0 Å². The van der Waals surface area contributed by atoms with E-state index in [0.29, 0.717) is 145 Å². The summed E-state index contributed by atoms with van der Waals surface area (Å²) in [5, 5.41) is 0. The van der Waals surface area contributed by atoms with Crippen LogP contribution in [0.25, 0.3) is 0 Å². The second-order valence-electron chi connectivity index (χ2n) is 8.97. The minimum Gasteiger partial charge on any atom is -0.457 e. The molecule has 47 heavy (non-hydrogen) atoms. The van der Waals surface area contributed by atoms with Crippen LogP contribution in [-0.2, 0) is 71.1 Å². The predicted molar refractivity (Wildman–Crippen MR) is 159 cm³/mol. The smallest absolute Gasteiger partial charge is 0.457 e. The maximum absolute atomic E-state index is 11.9. The molecule has 0 aromatic rings. The van der Waals surface area contributed by atoms with E-state index in [-0.39, 0.29) is 19.8 Å². The predicted octanol–water partition coefficient (Wildman–Crippen LogP) is 0.938. The van der Waals surface area contributed by atoms with Gasteiger partial charge in [0, 0.05) is 7.11 Å². The van der Waals surface area contributed by atoms with Gasteiger partial charge in [-0.2, -0.15) is 13.2 Å². The topological polar surface area (TPSA) is 146 Å². The zero-order chi connectivity index (χ0) is 34.4. The number of rotatable bonds is 39. The lowest BCUT2D eigenvalue weighted by atomic mass is 10.6. The molecule has 0 spiro atoms. The van der Waals surface area contributed by atoms with Gasteiger partial charge >= 0.3 is 12.1 Å². The Morgan fingerprint density at radius 2 is 0.511 bits per heavy atom. The average Bonchev–Trinajstić information content (AvgIpc) is 3.05. The largest absolute Gasteiger partial charge is 0.490 e. The van der Waals surface area contributed by atoms with Crippen molar-refractivity contribution in [2.75, 3.05) is 179 Å². The Balaban J connectivity index is 3.08. The van der Waals surface area contributed by atoms with E-state index in [2.05, 4.69) is 4.74 Å². The molecule has 0 aliphatic heterocycles. The molecule has 0 radical (unpaired) electrons. The molecule has 0 bridgehead atoms. The van der Waals surface area contributed by atoms with Gasteiger partial charge in [-0.15, -0.1) is 0 Å². The van der Waals surface area contributed by atoms with E-state index < -0.39 is 18.8 Å². The number of hydrogen-bond acceptors (Lipinski definition) is 15. The number of methoxy groups -OCH3 is 1. The van der Waals surface area contributed by atoms with Gasteiger partial charge in [-0.25, -0.2) is 4.79 Å². The maximum Gasteiger partial charge on any atom is 0.490 e. The van der Waals surface area contributed by atoms with E-state index in [1.807, 2.05) is 0 Å². The number of carbonyl (C=O) groups excluding carboxylic acids is 1. The molecule has 18 heteroatoms. The molecule has 0 amide bonds. The van der Waals surface area contributed by atoms with Gasteiger partial charge in [0.1, 0.15) is 6.61 Å². The molecule has 0 unspecified atom stereocenters. The van der Waals surface area contributed by atoms with Crippen molar-refractivity contribution in [3.05, 3.63) is 0 Å². The van der Waals surface area contributed by atoms with Crippen molar-refractivity contribution in [1.29, 1.82) is 0 Å². The van der Waals surface area contributed by atoms with Crippen LogP contribution in [0.1, 0.15) is 0 Å². The summed E-state index contributed by atoms with van der Waals surface area (Å²) >= 11 is 0. The minimum absolute atomic E-state index is 0.149. The zero-order valence-electron chi connectivity index (χ0n) is 27.6. The molecule has 0 N–H and O–H groups in total. The van der Waals surface area contributed by atoms with Crippen molar-refractivity contribution >= 4 is 5.97 Å². The van der Waals surface area contributed by atoms with Crippen molar-refractivity contribution < 1.29 is 84.3 Å². The number of carbonyl (C=O) groups is 1. The first-order valence-electron chi connectivity index (χ1n) is 15.6. The summed E-state index contributed by atoms with van der Waals surface area (Å²) in [4.78, 5) is 10.5. The minimum atomic E-state index is -5.00. The van der Waals surface area contributed by atoms with Crippen LogP contribution < -0.4 is 0 Å². The molecule has 0 aromatic carbocycles. The van der Waals surface area contributed by atoms with E-state index in [4.69, 9.17) is 61.6 Å². The third-order valence-electron chi connectivity index (χ3n) is 5.22. The SMILES string of the molecule is COCCOCCOCCOCCOCCOCCOCCOCCOCCOCCOCCOCCOCCOC(=O)C(F)(F)F. The number of alkyl halides is 3. The highest BCUT2D eigenvalue weighted by Gasteiger charge is 2.40. The molecule has 0 heterocycles. The Morgan fingerprint density at radius 1 is 0.340 bits per heavy atom. The van der Waals surface area contributed by atoms with E-state index in [1.165, 1.54) is 0 Å². The van der Waals surface area contributed by atoms with Crippen molar-refractivity contribution in [3.63, 3.8) is 0 Å². The summed E-state index contributed by atoms with van der Waals surface area (Å²) in [6.07, 6.45) is -5.00. The van der Waals surface area contributed by atoms with Crippen LogP contribution in [0.15, 0.2) is 0 Å². The van der Waals surface area contributed by atoms with Crippen LogP contribution in [0.2, 0.25) is 0 Å². The Labute approximate surface area is 275 Å². The van der Waals surface area contributed by atoms with E-state index >= 15 is 0 Å². The summed E-state index contributed by atoms with van der Waals surface area (Å²) in [5.74, 6) is -2.24. The molecule has 0 saturated carbocycles. The zero-order valence-corrected chi connectivity index (χ0v) is 27.6. The first kappa shape index (κ1) is 45.7. The lowest BCUT2D eigenvalue weighted by Crippen LogP contribution is -2.26. The highest BCUT2D eigenvalue weighted by atomic mass is 19.4. The lowest BCUT2D eigenvalue weighted by Gasteiger charge is -2.09. The maximum atomic E-state index is 11.9. The average molecular weight is 701 g/mol. The van der Waals surface area contributed by atoms with Gasteiger partial charge in [-0.3, -0.25) is 0 Å². The van der Waals surface area contributed by atoms with Gasteiger partial charge in [0.05, 0.1) is 165 Å². The molecule has 0 aliphatic rings. The molecular weight excluding hydrogens is 645 g/mol. The van der Waals surface area contributed by atoms with Crippen LogP contribution in [0.3, 0.4) is 0 Å². The number of hydrogen-bond donors (Lipinski definition) is 0. The van der Waals surface area contributed by atoms with E-state index in [0.717, 1.165) is 0 Å². The lowest BCUT2D eigenvalue weighted by molar-refractivity contribution is -0.200. The monoisotopic (exact) mass is 700 g/mol. The molecule has 0 atom stereocenters. The molecule has 0 aliphatic carbocycles. The molecule has 282 valence electrons. The summed E-state index contributed by atoms with van der Waals surface area (Å²) in [7, 11) is 1.63. The third-order valence-corrected chi connectivity index (χ3v) is 5.22. The summed E-state index contributed by atoms with van der Waals surface area (Å²) in [6, 6.07) is 0. The van der Waals surface area contributed by atoms with Crippen molar-refractivity contribution in [1.82, 2.24) is 0 Å². The van der Waals surface area contributed by atoms with Crippen LogP contribution >= 0.6 is 0 Å². The quantitative estimate of drug-likeness (QED) is 0.0662. The summed E-state index contributed by atoms with van der Waals surface area (Å²) < 4.78 is 109. The fourth-order valence-electron chi connectivity index (χ4n) is 2.94. The summed E-state index contributed by atoms with van der Waals surface area (Å²) in [6.45, 7) is 10.1. The van der Waals surface area contributed by atoms with Crippen LogP contribution in [0.5, 0.6) is 0 Å². The van der Waals surface area contributed by atoms with E-state index in [9.17, 15) is 18.0 Å². The highest BCUT2D eigenvalue weighted by Crippen LogP contribution is 2.16. The van der Waals surface area contributed by atoms with Crippen molar-refractivity contribution in [2.24, 2.45) is 0 Å². The third kappa shape index (κ3) is 39.1. The first-order chi connectivity index (χ1) is 23.0. The normalized spacial score (nSPS) is 11.8. The molecular formula is C29H55F3O15. The van der Waals surface area contributed by atoms with Crippen molar-refractivity contribution in [2.45, 2.75) is 6.18 Å². The summed E-state index contributed by atoms with van der Waals surface area (Å²) in [5.41, 5.74) is 0. The molecule has 0 rings (SSSR count). The van der Waals surface area contributed by atoms with Crippen LogP contribution in [0.4, 0.5) is 13.2 Å². The first-order valence-corrected chi connectivity index (χ1v) is 15.6. The Morgan fingerprint density at radius 3 is 0.681 bits per heavy atom. The standard InChI is InChI=1S/C29H55F3O15/c1-34-2-3-35-4-5-36-6-7-37-8-9-38-10-11-39-12-13-40-14-15-41-16-17-42-18-19-43-20-21-44-22-23-45-24-25-46-26-27-47-28(33)29(30,31)32/h2-27H2,1H3. The van der Waals surface area contributed by atoms with E-state index in [1.54, 1.807) is 7.11 Å². The molecule has 0 fully saturated rings. The fourth-order valence-corrected chi connectivity index (χ4v) is 2.94. The second-order valence-corrected chi connectivity index (χ2v) is 8.97. The number of halogens is 3. The molecule has 15 nitrogen and oxygen atoms in total.